The first-order valence-corrected chi connectivity index (χ1v) is 11.5. The van der Waals surface area contributed by atoms with Crippen molar-refractivity contribution in [1.82, 2.24) is 0 Å². The molecule has 1 atom stereocenters. The molecule has 0 fully saturated rings. The highest BCUT2D eigenvalue weighted by molar-refractivity contribution is 5.33. The molecule has 1 unspecified atom stereocenters. The fraction of sp³-hybridized carbons (Fsp3) is 0.792. The number of isocyanates is 3. The van der Waals surface area contributed by atoms with Gasteiger partial charge in [0.05, 0.1) is 12.6 Å². The Hall–Kier alpha value is -2.12. The van der Waals surface area contributed by atoms with Gasteiger partial charge in [0.1, 0.15) is 0 Å². The Morgan fingerprint density at radius 1 is 0.700 bits per heavy atom. The van der Waals surface area contributed by atoms with Crippen LogP contribution in [-0.2, 0) is 14.4 Å². The highest BCUT2D eigenvalue weighted by atomic mass is 16.1. The molecule has 0 saturated carbocycles. The summed E-state index contributed by atoms with van der Waals surface area (Å²) in [5.41, 5.74) is 0. The number of carbonyl (C=O) groups excluding carboxylic acids is 3. The molecule has 0 aromatic heterocycles. The Morgan fingerprint density at radius 2 is 1.20 bits per heavy atom. The van der Waals surface area contributed by atoms with Gasteiger partial charge in [-0.2, -0.15) is 0 Å². The van der Waals surface area contributed by atoms with Crippen LogP contribution >= 0.6 is 0 Å². The predicted octanol–water partition coefficient (Wildman–Crippen LogP) is 6.41. The maximum atomic E-state index is 10.6. The van der Waals surface area contributed by atoms with E-state index in [-0.39, 0.29) is 6.04 Å². The average Bonchev–Trinajstić information content (AvgIpc) is 2.75. The minimum atomic E-state index is 0.176. The standard InChI is InChI=1S/C21H36N2O2.C3H5NO/c1-2-3-4-5-10-13-16-21(23-20-25)17-14-11-8-6-7-9-12-15-18-22-19-24;1-2-4-3-5/h2,21H,1,3-18H2;2H2,1H3. The van der Waals surface area contributed by atoms with E-state index in [9.17, 15) is 9.59 Å². The van der Waals surface area contributed by atoms with Crippen molar-refractivity contribution >= 4 is 18.2 Å². The molecular formula is C24H41N3O3. The topological polar surface area (TPSA) is 88.3 Å². The van der Waals surface area contributed by atoms with Crippen LogP contribution in [-0.4, -0.2) is 37.4 Å². The number of aliphatic imine (C=N–C) groups is 3. The van der Waals surface area contributed by atoms with Crippen molar-refractivity contribution in [3.05, 3.63) is 12.7 Å². The third-order valence-corrected chi connectivity index (χ3v) is 4.78. The SMILES string of the molecule is C=CCCCCCCC(CCCCCCCCCCN=C=O)N=C=O.CCN=C=O. The van der Waals surface area contributed by atoms with Crippen molar-refractivity contribution < 1.29 is 14.4 Å². The van der Waals surface area contributed by atoms with Gasteiger partial charge in [0.25, 0.3) is 0 Å². The maximum Gasteiger partial charge on any atom is 0.235 e. The van der Waals surface area contributed by atoms with E-state index in [0.717, 1.165) is 44.9 Å². The molecule has 0 heterocycles. The van der Waals surface area contributed by atoms with Crippen LogP contribution in [0.15, 0.2) is 27.6 Å². The molecule has 0 N–H and O–H groups in total. The molecule has 0 radical (unpaired) electrons. The normalized spacial score (nSPS) is 10.4. The summed E-state index contributed by atoms with van der Waals surface area (Å²) < 4.78 is 0. The number of unbranched alkanes of at least 4 members (excludes halogenated alkanes) is 11. The molecule has 30 heavy (non-hydrogen) atoms. The molecule has 0 aliphatic rings. The van der Waals surface area contributed by atoms with E-state index in [1.54, 1.807) is 19.1 Å². The smallest absolute Gasteiger partial charge is 0.211 e. The number of allylic oxidation sites excluding steroid dienone is 1. The zero-order valence-electron chi connectivity index (χ0n) is 18.9. The first-order valence-electron chi connectivity index (χ1n) is 11.5. The van der Waals surface area contributed by atoms with Crippen LogP contribution in [0, 0.1) is 0 Å². The van der Waals surface area contributed by atoms with E-state index in [4.69, 9.17) is 4.79 Å². The third-order valence-electron chi connectivity index (χ3n) is 4.78. The summed E-state index contributed by atoms with van der Waals surface area (Å²) in [6, 6.07) is 0.176. The molecule has 0 aromatic carbocycles. The Labute approximate surface area is 183 Å². The molecule has 6 nitrogen and oxygen atoms in total. The van der Waals surface area contributed by atoms with E-state index in [2.05, 4.69) is 21.6 Å². The Morgan fingerprint density at radius 3 is 1.63 bits per heavy atom. The van der Waals surface area contributed by atoms with Crippen LogP contribution in [0.2, 0.25) is 0 Å². The molecule has 0 bridgehead atoms. The highest BCUT2D eigenvalue weighted by Crippen LogP contribution is 2.16. The molecule has 0 aliphatic heterocycles. The van der Waals surface area contributed by atoms with E-state index < -0.39 is 0 Å². The van der Waals surface area contributed by atoms with E-state index >= 15 is 0 Å². The first kappa shape index (κ1) is 30.1. The van der Waals surface area contributed by atoms with E-state index in [1.165, 1.54) is 57.4 Å². The maximum absolute atomic E-state index is 10.6. The van der Waals surface area contributed by atoms with Gasteiger partial charge >= 0.3 is 0 Å². The van der Waals surface area contributed by atoms with Crippen molar-refractivity contribution in [2.75, 3.05) is 13.1 Å². The molecule has 0 aromatic rings. The molecule has 170 valence electrons. The second-order valence-electron chi connectivity index (χ2n) is 7.31. The summed E-state index contributed by atoms with van der Waals surface area (Å²) in [7, 11) is 0. The average molecular weight is 420 g/mol. The molecule has 0 aliphatic carbocycles. The van der Waals surface area contributed by atoms with E-state index in [1.807, 2.05) is 6.08 Å². The van der Waals surface area contributed by atoms with Gasteiger partial charge in [-0.05, 0) is 39.0 Å². The number of rotatable bonds is 20. The number of nitrogens with zero attached hydrogens (tertiary/aromatic N) is 3. The Kier molecular flexibility index (Phi) is 29.2. The molecule has 0 saturated heterocycles. The summed E-state index contributed by atoms with van der Waals surface area (Å²) in [5.74, 6) is 0. The van der Waals surface area contributed by atoms with Gasteiger partial charge in [-0.15, -0.1) is 6.58 Å². The van der Waals surface area contributed by atoms with Crippen molar-refractivity contribution in [3.63, 3.8) is 0 Å². The van der Waals surface area contributed by atoms with Gasteiger partial charge in [-0.1, -0.05) is 70.3 Å². The summed E-state index contributed by atoms with van der Waals surface area (Å²) in [6.07, 6.45) is 24.2. The van der Waals surface area contributed by atoms with Crippen LogP contribution in [0.4, 0.5) is 0 Å². The minimum Gasteiger partial charge on any atom is -0.211 e. The van der Waals surface area contributed by atoms with Gasteiger partial charge in [-0.25, -0.2) is 29.4 Å². The van der Waals surface area contributed by atoms with Gasteiger partial charge < -0.3 is 0 Å². The van der Waals surface area contributed by atoms with Crippen LogP contribution in [0.3, 0.4) is 0 Å². The van der Waals surface area contributed by atoms with Crippen LogP contribution < -0.4 is 0 Å². The number of hydrogen-bond acceptors (Lipinski definition) is 6. The molecule has 0 spiro atoms. The molecule has 0 rings (SSSR count). The lowest BCUT2D eigenvalue weighted by Gasteiger charge is -2.10. The first-order chi connectivity index (χ1) is 14.8. The predicted molar refractivity (Wildman–Crippen MR) is 123 cm³/mol. The van der Waals surface area contributed by atoms with Crippen molar-refractivity contribution in [3.8, 4) is 0 Å². The monoisotopic (exact) mass is 419 g/mol. The summed E-state index contributed by atoms with van der Waals surface area (Å²) >= 11 is 0. The Balaban J connectivity index is 0. The van der Waals surface area contributed by atoms with Crippen LogP contribution in [0.25, 0.3) is 0 Å². The largest absolute Gasteiger partial charge is 0.235 e. The summed E-state index contributed by atoms with van der Waals surface area (Å²) in [5, 5.41) is 0. The lowest BCUT2D eigenvalue weighted by molar-refractivity contribution is 0.480. The lowest BCUT2D eigenvalue weighted by Crippen LogP contribution is -2.04. The summed E-state index contributed by atoms with van der Waals surface area (Å²) in [6.45, 7) is 6.69. The zero-order chi connectivity index (χ0) is 22.5. The van der Waals surface area contributed by atoms with Gasteiger partial charge in [0.2, 0.25) is 18.2 Å². The van der Waals surface area contributed by atoms with Crippen molar-refractivity contribution in [1.29, 1.82) is 0 Å². The molecular weight excluding hydrogens is 378 g/mol. The second kappa shape index (κ2) is 29.1. The molecule has 0 amide bonds. The van der Waals surface area contributed by atoms with Gasteiger partial charge in [0, 0.05) is 6.54 Å². The van der Waals surface area contributed by atoms with Crippen molar-refractivity contribution in [2.24, 2.45) is 15.0 Å². The highest BCUT2D eigenvalue weighted by Gasteiger charge is 2.06. The fourth-order valence-corrected chi connectivity index (χ4v) is 3.11. The summed E-state index contributed by atoms with van der Waals surface area (Å²) in [4.78, 5) is 40.3. The van der Waals surface area contributed by atoms with E-state index in [0.29, 0.717) is 13.1 Å². The van der Waals surface area contributed by atoms with Gasteiger partial charge in [-0.3, -0.25) is 0 Å². The van der Waals surface area contributed by atoms with Gasteiger partial charge in [0.15, 0.2) is 0 Å². The Bertz CT molecular complexity index is 518. The zero-order valence-corrected chi connectivity index (χ0v) is 18.9. The van der Waals surface area contributed by atoms with Crippen LogP contribution in [0.5, 0.6) is 0 Å². The molecule has 6 heteroatoms. The fourth-order valence-electron chi connectivity index (χ4n) is 3.11. The van der Waals surface area contributed by atoms with Crippen molar-refractivity contribution in [2.45, 2.75) is 109 Å². The second-order valence-corrected chi connectivity index (χ2v) is 7.31. The lowest BCUT2D eigenvalue weighted by atomic mass is 10.0. The third kappa shape index (κ3) is 28.1. The minimum absolute atomic E-state index is 0.176. The quantitative estimate of drug-likeness (QED) is 0.0988. The van der Waals surface area contributed by atoms with Crippen LogP contribution in [0.1, 0.15) is 103 Å². The number of hydrogen-bond donors (Lipinski definition) is 0.